The maximum atomic E-state index is 10.5. The second-order valence-electron chi connectivity index (χ2n) is 6.62. The molecule has 0 atom stereocenters. The van der Waals surface area contributed by atoms with E-state index in [1.807, 2.05) is 58.8 Å². The van der Waals surface area contributed by atoms with E-state index in [0.717, 1.165) is 16.8 Å². The number of aromatic nitrogens is 1. The summed E-state index contributed by atoms with van der Waals surface area (Å²) in [5.41, 5.74) is 3.32. The zero-order valence-corrected chi connectivity index (χ0v) is 17.0. The highest BCUT2D eigenvalue weighted by molar-refractivity contribution is 7.11. The Labute approximate surface area is 173 Å². The SMILES string of the molecule is COc1ccc(CN2CC(O)=C(c3nc(-c4ccccc4)cs3)C2=N)cc1OC. The number of aliphatic hydroxyl groups is 1. The molecule has 2 aromatic carbocycles. The molecule has 4 rings (SSSR count). The molecule has 3 aromatic rings. The van der Waals surface area contributed by atoms with Gasteiger partial charge in [0.1, 0.15) is 16.6 Å². The van der Waals surface area contributed by atoms with Gasteiger partial charge in [-0.25, -0.2) is 4.98 Å². The summed E-state index contributed by atoms with van der Waals surface area (Å²) in [6.45, 7) is 0.756. The molecule has 1 aromatic heterocycles. The van der Waals surface area contributed by atoms with Gasteiger partial charge in [0.05, 0.1) is 32.0 Å². The Kier molecular flexibility index (Phi) is 5.22. The molecule has 0 amide bonds. The van der Waals surface area contributed by atoms with Crippen LogP contribution >= 0.6 is 11.3 Å². The van der Waals surface area contributed by atoms with Gasteiger partial charge in [-0.1, -0.05) is 36.4 Å². The van der Waals surface area contributed by atoms with E-state index in [1.165, 1.54) is 11.3 Å². The zero-order valence-electron chi connectivity index (χ0n) is 16.2. The highest BCUT2D eigenvalue weighted by atomic mass is 32.1. The van der Waals surface area contributed by atoms with Gasteiger partial charge in [-0.3, -0.25) is 5.41 Å². The summed E-state index contributed by atoms with van der Waals surface area (Å²) >= 11 is 1.44. The van der Waals surface area contributed by atoms with E-state index < -0.39 is 0 Å². The van der Waals surface area contributed by atoms with E-state index in [1.54, 1.807) is 14.2 Å². The van der Waals surface area contributed by atoms with Crippen LogP contribution in [0.2, 0.25) is 0 Å². The van der Waals surface area contributed by atoms with Crippen molar-refractivity contribution >= 4 is 22.7 Å². The lowest BCUT2D eigenvalue weighted by Crippen LogP contribution is -2.26. The van der Waals surface area contributed by atoms with Crippen molar-refractivity contribution in [3.05, 3.63) is 70.2 Å². The Morgan fingerprint density at radius 3 is 2.59 bits per heavy atom. The Balaban J connectivity index is 1.54. The van der Waals surface area contributed by atoms with E-state index in [-0.39, 0.29) is 18.1 Å². The number of rotatable bonds is 6. The van der Waals surface area contributed by atoms with E-state index in [9.17, 15) is 5.11 Å². The maximum absolute atomic E-state index is 10.5. The molecule has 0 spiro atoms. The fourth-order valence-electron chi connectivity index (χ4n) is 3.32. The summed E-state index contributed by atoms with van der Waals surface area (Å²) in [4.78, 5) is 6.47. The lowest BCUT2D eigenvalue weighted by molar-refractivity contribution is 0.343. The monoisotopic (exact) mass is 407 g/mol. The number of ether oxygens (including phenoxy) is 2. The molecule has 0 saturated carbocycles. The minimum Gasteiger partial charge on any atom is -0.510 e. The lowest BCUT2D eigenvalue weighted by Gasteiger charge is -2.19. The van der Waals surface area contributed by atoms with Crippen LogP contribution in [0.5, 0.6) is 11.5 Å². The number of aliphatic hydroxyl groups excluding tert-OH is 1. The van der Waals surface area contributed by atoms with Crippen LogP contribution in [0.4, 0.5) is 0 Å². The first kappa shape index (κ1) is 19.0. The number of benzene rings is 2. The van der Waals surface area contributed by atoms with Gasteiger partial charge in [-0.2, -0.15) is 0 Å². The van der Waals surface area contributed by atoms with Crippen LogP contribution in [-0.4, -0.2) is 41.6 Å². The van der Waals surface area contributed by atoms with Gasteiger partial charge in [0.25, 0.3) is 0 Å². The van der Waals surface area contributed by atoms with Crippen LogP contribution in [0.1, 0.15) is 10.6 Å². The normalized spacial score (nSPS) is 13.9. The van der Waals surface area contributed by atoms with Crippen LogP contribution in [0, 0.1) is 5.41 Å². The van der Waals surface area contributed by atoms with Crippen molar-refractivity contribution in [2.24, 2.45) is 0 Å². The van der Waals surface area contributed by atoms with Crippen LogP contribution < -0.4 is 9.47 Å². The quantitative estimate of drug-likeness (QED) is 0.625. The van der Waals surface area contributed by atoms with Gasteiger partial charge in [0.2, 0.25) is 0 Å². The number of thiazole rings is 1. The molecule has 0 unspecified atom stereocenters. The molecule has 6 nitrogen and oxygen atoms in total. The Hall–Kier alpha value is -3.32. The van der Waals surface area contributed by atoms with Gasteiger partial charge in [0, 0.05) is 17.5 Å². The van der Waals surface area contributed by atoms with E-state index in [2.05, 4.69) is 4.98 Å². The highest BCUT2D eigenvalue weighted by Crippen LogP contribution is 2.34. The molecule has 0 saturated heterocycles. The molecule has 0 radical (unpaired) electrons. The molecule has 2 heterocycles. The number of hydrogen-bond donors (Lipinski definition) is 2. The highest BCUT2D eigenvalue weighted by Gasteiger charge is 2.30. The lowest BCUT2D eigenvalue weighted by atomic mass is 10.2. The van der Waals surface area contributed by atoms with Gasteiger partial charge >= 0.3 is 0 Å². The number of nitrogens with one attached hydrogen (secondary N) is 1. The van der Waals surface area contributed by atoms with Crippen molar-refractivity contribution in [2.45, 2.75) is 6.54 Å². The van der Waals surface area contributed by atoms with Crippen molar-refractivity contribution < 1.29 is 14.6 Å². The summed E-state index contributed by atoms with van der Waals surface area (Å²) in [5.74, 6) is 1.74. The molecule has 1 aliphatic heterocycles. The fraction of sp³-hybridized carbons (Fsp3) is 0.182. The van der Waals surface area contributed by atoms with E-state index >= 15 is 0 Å². The number of hydrogen-bond acceptors (Lipinski definition) is 6. The summed E-state index contributed by atoms with van der Waals surface area (Å²) in [6, 6.07) is 15.5. The Morgan fingerprint density at radius 1 is 1.10 bits per heavy atom. The molecular formula is C22H21N3O3S. The van der Waals surface area contributed by atoms with E-state index in [0.29, 0.717) is 28.6 Å². The molecule has 148 valence electrons. The zero-order chi connectivity index (χ0) is 20.4. The average molecular weight is 407 g/mol. The minimum absolute atomic E-state index is 0.171. The van der Waals surface area contributed by atoms with Crippen molar-refractivity contribution in [2.75, 3.05) is 20.8 Å². The van der Waals surface area contributed by atoms with Gasteiger partial charge in [0.15, 0.2) is 11.5 Å². The minimum atomic E-state index is 0.171. The van der Waals surface area contributed by atoms with Gasteiger partial charge in [-0.05, 0) is 17.7 Å². The molecule has 1 aliphatic rings. The second kappa shape index (κ2) is 7.97. The third-order valence-electron chi connectivity index (χ3n) is 4.79. The van der Waals surface area contributed by atoms with Crippen molar-refractivity contribution in [3.8, 4) is 22.8 Å². The first-order valence-electron chi connectivity index (χ1n) is 9.09. The second-order valence-corrected chi connectivity index (χ2v) is 7.48. The van der Waals surface area contributed by atoms with Crippen LogP contribution in [0.15, 0.2) is 59.7 Å². The molecule has 2 N–H and O–H groups in total. The first-order valence-corrected chi connectivity index (χ1v) is 9.97. The smallest absolute Gasteiger partial charge is 0.161 e. The summed E-state index contributed by atoms with van der Waals surface area (Å²) in [6.07, 6.45) is 0. The predicted molar refractivity (Wildman–Crippen MR) is 115 cm³/mol. The van der Waals surface area contributed by atoms with Crippen LogP contribution in [-0.2, 0) is 6.54 Å². The molecular weight excluding hydrogens is 386 g/mol. The van der Waals surface area contributed by atoms with Crippen LogP contribution in [0.25, 0.3) is 16.8 Å². The molecule has 7 heteroatoms. The average Bonchev–Trinajstić information content (AvgIpc) is 3.33. The van der Waals surface area contributed by atoms with Crippen molar-refractivity contribution in [1.82, 2.24) is 9.88 Å². The topological polar surface area (TPSA) is 78.7 Å². The van der Waals surface area contributed by atoms with Crippen molar-refractivity contribution in [1.29, 1.82) is 5.41 Å². The molecule has 0 aliphatic carbocycles. The molecule has 0 fully saturated rings. The van der Waals surface area contributed by atoms with Gasteiger partial charge < -0.3 is 19.5 Å². The van der Waals surface area contributed by atoms with Crippen molar-refractivity contribution in [3.63, 3.8) is 0 Å². The fourth-order valence-corrected chi connectivity index (χ4v) is 4.22. The summed E-state index contributed by atoms with van der Waals surface area (Å²) in [7, 11) is 3.19. The van der Waals surface area contributed by atoms with E-state index in [4.69, 9.17) is 14.9 Å². The standard InChI is InChI=1S/C22H21N3O3S/c1-27-18-9-8-14(10-19(18)28-2)11-25-12-17(26)20(21(25)23)22-24-16(13-29-22)15-6-4-3-5-7-15/h3-10,13,23,26H,11-12H2,1-2H3. The first-order chi connectivity index (χ1) is 14.1. The number of methoxy groups -OCH3 is 2. The molecule has 0 bridgehead atoms. The number of amidine groups is 1. The predicted octanol–water partition coefficient (Wildman–Crippen LogP) is 4.59. The largest absolute Gasteiger partial charge is 0.510 e. The maximum Gasteiger partial charge on any atom is 0.161 e. The summed E-state index contributed by atoms with van der Waals surface area (Å²) in [5, 5.41) is 21.7. The summed E-state index contributed by atoms with van der Waals surface area (Å²) < 4.78 is 10.6. The Bertz CT molecular complexity index is 1080. The van der Waals surface area contributed by atoms with Gasteiger partial charge in [-0.15, -0.1) is 11.3 Å². The Morgan fingerprint density at radius 2 is 1.86 bits per heavy atom. The molecule has 29 heavy (non-hydrogen) atoms. The third kappa shape index (κ3) is 3.69. The number of nitrogens with zero attached hydrogens (tertiary/aromatic N) is 2. The third-order valence-corrected chi connectivity index (χ3v) is 5.65. The van der Waals surface area contributed by atoms with Crippen LogP contribution in [0.3, 0.4) is 0 Å².